The fraction of sp³-hybridized carbons (Fsp3) is 0.167. The van der Waals surface area contributed by atoms with Gasteiger partial charge in [-0.1, -0.05) is 37.3 Å². The number of carbonyl (C=O) groups is 2. The molecule has 7 heteroatoms. The van der Waals surface area contributed by atoms with Gasteiger partial charge in [-0.3, -0.25) is 14.5 Å². The Kier molecular flexibility index (Phi) is 4.75. The number of thiophene rings is 1. The molecule has 1 unspecified atom stereocenters. The summed E-state index contributed by atoms with van der Waals surface area (Å²) in [5, 5.41) is 13.0. The summed E-state index contributed by atoms with van der Waals surface area (Å²) in [5.41, 5.74) is 2.20. The molecule has 6 nitrogen and oxygen atoms in total. The van der Waals surface area contributed by atoms with Crippen molar-refractivity contribution in [3.63, 3.8) is 0 Å². The second-order valence-corrected chi connectivity index (χ2v) is 8.25. The standard InChI is InChI=1S/C24H19NO5S/c1-2-14-5-7-15(8-6-14)22(26)20-21(19-4-3-11-31-19)25(24(28)23(20)27)16-9-10-17-18(12-16)30-13-29-17/h3-12,21,26H,2,13H2,1H3/b22-20-. The predicted molar refractivity (Wildman–Crippen MR) is 117 cm³/mol. The van der Waals surface area contributed by atoms with Crippen molar-refractivity contribution in [1.82, 2.24) is 0 Å². The maximum absolute atomic E-state index is 13.1. The minimum atomic E-state index is -0.730. The van der Waals surface area contributed by atoms with Gasteiger partial charge in [0.05, 0.1) is 5.57 Å². The van der Waals surface area contributed by atoms with E-state index < -0.39 is 17.7 Å². The Morgan fingerprint density at radius 1 is 1.10 bits per heavy atom. The molecule has 3 heterocycles. The molecular formula is C24H19NO5S. The number of carbonyl (C=O) groups excluding carboxylic acids is 2. The summed E-state index contributed by atoms with van der Waals surface area (Å²) in [7, 11) is 0. The van der Waals surface area contributed by atoms with Crippen LogP contribution in [0.15, 0.2) is 65.6 Å². The Morgan fingerprint density at radius 2 is 1.87 bits per heavy atom. The van der Waals surface area contributed by atoms with Gasteiger partial charge < -0.3 is 14.6 Å². The van der Waals surface area contributed by atoms with Gasteiger partial charge in [0.1, 0.15) is 11.8 Å². The molecule has 31 heavy (non-hydrogen) atoms. The zero-order valence-corrected chi connectivity index (χ0v) is 17.5. The number of fused-ring (bicyclic) bond motifs is 1. The van der Waals surface area contributed by atoms with Gasteiger partial charge in [0.25, 0.3) is 11.7 Å². The molecule has 1 amide bonds. The minimum Gasteiger partial charge on any atom is -0.507 e. The van der Waals surface area contributed by atoms with Crippen molar-refractivity contribution in [2.45, 2.75) is 19.4 Å². The second-order valence-electron chi connectivity index (χ2n) is 7.27. The van der Waals surface area contributed by atoms with Crippen molar-refractivity contribution in [2.75, 3.05) is 11.7 Å². The maximum atomic E-state index is 13.1. The molecule has 0 bridgehead atoms. The Bertz CT molecular complexity index is 1200. The Labute approximate surface area is 183 Å². The quantitative estimate of drug-likeness (QED) is 0.368. The topological polar surface area (TPSA) is 76.1 Å². The van der Waals surface area contributed by atoms with Crippen LogP contribution in [0.1, 0.15) is 29.0 Å². The van der Waals surface area contributed by atoms with Gasteiger partial charge in [0.2, 0.25) is 6.79 Å². The van der Waals surface area contributed by atoms with E-state index in [1.807, 2.05) is 36.6 Å². The third-order valence-corrected chi connectivity index (χ3v) is 6.45. The van der Waals surface area contributed by atoms with Crippen LogP contribution in [0.3, 0.4) is 0 Å². The first-order valence-electron chi connectivity index (χ1n) is 9.92. The molecule has 3 aromatic rings. The van der Waals surface area contributed by atoms with E-state index >= 15 is 0 Å². The van der Waals surface area contributed by atoms with Crippen LogP contribution in [0, 0.1) is 0 Å². The van der Waals surface area contributed by atoms with Crippen LogP contribution in [-0.2, 0) is 16.0 Å². The lowest BCUT2D eigenvalue weighted by Crippen LogP contribution is -2.29. The first kappa shape index (κ1) is 19.4. The van der Waals surface area contributed by atoms with Gasteiger partial charge in [-0.15, -0.1) is 11.3 Å². The number of aryl methyl sites for hydroxylation is 1. The number of anilines is 1. The Hall–Kier alpha value is -3.58. The van der Waals surface area contributed by atoms with E-state index in [0.29, 0.717) is 22.7 Å². The molecule has 2 aliphatic heterocycles. The maximum Gasteiger partial charge on any atom is 0.300 e. The zero-order chi connectivity index (χ0) is 21.5. The monoisotopic (exact) mass is 433 g/mol. The number of rotatable bonds is 4. The lowest BCUT2D eigenvalue weighted by Gasteiger charge is -2.24. The van der Waals surface area contributed by atoms with E-state index in [-0.39, 0.29) is 18.1 Å². The average Bonchev–Trinajstić information content (AvgIpc) is 3.53. The van der Waals surface area contributed by atoms with Gasteiger partial charge in [0, 0.05) is 22.2 Å². The van der Waals surface area contributed by atoms with Crippen molar-refractivity contribution in [3.8, 4) is 11.5 Å². The van der Waals surface area contributed by atoms with E-state index in [1.165, 1.54) is 16.2 Å². The van der Waals surface area contributed by atoms with E-state index in [9.17, 15) is 14.7 Å². The smallest absolute Gasteiger partial charge is 0.300 e. The molecule has 1 N–H and O–H groups in total. The lowest BCUT2D eigenvalue weighted by atomic mass is 9.99. The summed E-state index contributed by atoms with van der Waals surface area (Å²) >= 11 is 1.42. The summed E-state index contributed by atoms with van der Waals surface area (Å²) in [6.07, 6.45) is 0.866. The molecule has 5 rings (SSSR count). The van der Waals surface area contributed by atoms with Gasteiger partial charge in [0.15, 0.2) is 11.5 Å². The van der Waals surface area contributed by atoms with E-state index in [1.54, 1.807) is 30.3 Å². The predicted octanol–water partition coefficient (Wildman–Crippen LogP) is 4.67. The number of nitrogens with zero attached hydrogens (tertiary/aromatic N) is 1. The average molecular weight is 433 g/mol. The Balaban J connectivity index is 1.66. The molecule has 0 saturated carbocycles. The molecule has 2 aromatic carbocycles. The van der Waals surface area contributed by atoms with Crippen molar-refractivity contribution in [3.05, 3.63) is 81.6 Å². The van der Waals surface area contributed by atoms with E-state index in [4.69, 9.17) is 9.47 Å². The third kappa shape index (κ3) is 3.18. The molecular weight excluding hydrogens is 414 g/mol. The van der Waals surface area contributed by atoms with Crippen LogP contribution in [0.25, 0.3) is 5.76 Å². The highest BCUT2D eigenvalue weighted by atomic mass is 32.1. The molecule has 1 saturated heterocycles. The summed E-state index contributed by atoms with van der Waals surface area (Å²) in [5.74, 6) is -0.483. The number of hydrogen-bond acceptors (Lipinski definition) is 6. The number of aliphatic hydroxyl groups is 1. The highest BCUT2D eigenvalue weighted by molar-refractivity contribution is 7.10. The normalized spacial score (nSPS) is 19.3. The summed E-state index contributed by atoms with van der Waals surface area (Å²) < 4.78 is 10.8. The Morgan fingerprint density at radius 3 is 2.58 bits per heavy atom. The van der Waals surface area contributed by atoms with E-state index in [2.05, 4.69) is 0 Å². The summed E-state index contributed by atoms with van der Waals surface area (Å²) in [6, 6.07) is 15.5. The van der Waals surface area contributed by atoms with Gasteiger partial charge in [-0.2, -0.15) is 0 Å². The fourth-order valence-corrected chi connectivity index (χ4v) is 4.73. The van der Waals surface area contributed by atoms with Gasteiger partial charge >= 0.3 is 0 Å². The first-order chi connectivity index (χ1) is 15.1. The molecule has 1 aromatic heterocycles. The van der Waals surface area contributed by atoms with Crippen LogP contribution in [0.5, 0.6) is 11.5 Å². The highest BCUT2D eigenvalue weighted by Gasteiger charge is 2.47. The van der Waals surface area contributed by atoms with Crippen molar-refractivity contribution < 1.29 is 24.2 Å². The summed E-state index contributed by atoms with van der Waals surface area (Å²) in [4.78, 5) is 28.4. The number of Topliss-reactive ketones (excluding diaryl/α,β-unsaturated/α-hetero) is 1. The lowest BCUT2D eigenvalue weighted by molar-refractivity contribution is -0.132. The highest BCUT2D eigenvalue weighted by Crippen LogP contribution is 2.45. The number of hydrogen-bond donors (Lipinski definition) is 1. The number of aliphatic hydroxyl groups excluding tert-OH is 1. The summed E-state index contributed by atoms with van der Waals surface area (Å²) in [6.45, 7) is 2.16. The van der Waals surface area contributed by atoms with Crippen LogP contribution in [0.2, 0.25) is 0 Å². The zero-order valence-electron chi connectivity index (χ0n) is 16.7. The van der Waals surface area contributed by atoms with Gasteiger partial charge in [-0.25, -0.2) is 0 Å². The van der Waals surface area contributed by atoms with Crippen molar-refractivity contribution >= 4 is 34.5 Å². The molecule has 156 valence electrons. The van der Waals surface area contributed by atoms with Crippen LogP contribution < -0.4 is 14.4 Å². The van der Waals surface area contributed by atoms with Crippen LogP contribution in [-0.4, -0.2) is 23.6 Å². The van der Waals surface area contributed by atoms with Crippen molar-refractivity contribution in [1.29, 1.82) is 0 Å². The van der Waals surface area contributed by atoms with Gasteiger partial charge in [-0.05, 0) is 35.6 Å². The largest absolute Gasteiger partial charge is 0.507 e. The van der Waals surface area contributed by atoms with Crippen LogP contribution in [0.4, 0.5) is 5.69 Å². The molecule has 1 atom stereocenters. The number of ether oxygens (including phenoxy) is 2. The molecule has 2 aliphatic rings. The van der Waals surface area contributed by atoms with Crippen LogP contribution >= 0.6 is 11.3 Å². The first-order valence-corrected chi connectivity index (χ1v) is 10.8. The van der Waals surface area contributed by atoms with Crippen molar-refractivity contribution in [2.24, 2.45) is 0 Å². The molecule has 0 spiro atoms. The number of amides is 1. The molecule has 0 radical (unpaired) electrons. The minimum absolute atomic E-state index is 0.0781. The third-order valence-electron chi connectivity index (χ3n) is 5.53. The fourth-order valence-electron chi connectivity index (χ4n) is 3.90. The number of benzene rings is 2. The molecule has 0 aliphatic carbocycles. The second kappa shape index (κ2) is 7.59. The van der Waals surface area contributed by atoms with E-state index in [0.717, 1.165) is 16.9 Å². The SMILES string of the molecule is CCc1ccc(/C(O)=C2/C(=O)C(=O)N(c3ccc4c(c3)OCO4)C2c2cccs2)cc1. The molecule has 1 fully saturated rings. The number of ketones is 1.